The number of hydrogen-bond acceptors (Lipinski definition) is 3. The van der Waals surface area contributed by atoms with E-state index in [1.807, 2.05) is 0 Å². The molecule has 3 rings (SSSR count). The number of nitrogens with one attached hydrogen (secondary N) is 2. The van der Waals surface area contributed by atoms with Crippen molar-refractivity contribution < 1.29 is 13.6 Å². The van der Waals surface area contributed by atoms with Crippen LogP contribution in [0.4, 0.5) is 14.5 Å². The SMILES string of the molecule is Cl.O=C(CN1CCC2CNCC2C1)Nc1cc(F)ccc1F. The van der Waals surface area contributed by atoms with E-state index in [1.165, 1.54) is 0 Å². The molecule has 2 atom stereocenters. The highest BCUT2D eigenvalue weighted by atomic mass is 35.5. The molecule has 1 amide bonds. The summed E-state index contributed by atoms with van der Waals surface area (Å²) in [6.45, 7) is 4.05. The van der Waals surface area contributed by atoms with E-state index in [1.54, 1.807) is 0 Å². The van der Waals surface area contributed by atoms with Crippen molar-refractivity contribution in [1.82, 2.24) is 10.2 Å². The monoisotopic (exact) mass is 331 g/mol. The van der Waals surface area contributed by atoms with Crippen LogP contribution in [0.1, 0.15) is 6.42 Å². The average Bonchev–Trinajstić information content (AvgIpc) is 2.90. The minimum absolute atomic E-state index is 0. The van der Waals surface area contributed by atoms with Gasteiger partial charge in [0.25, 0.3) is 0 Å². The maximum atomic E-state index is 13.5. The van der Waals surface area contributed by atoms with Gasteiger partial charge in [-0.05, 0) is 50.0 Å². The predicted octanol–water partition coefficient (Wildman–Crippen LogP) is 1.87. The first-order valence-corrected chi connectivity index (χ1v) is 7.30. The number of piperidine rings is 1. The molecule has 0 radical (unpaired) electrons. The number of nitrogens with zero attached hydrogens (tertiary/aromatic N) is 1. The molecule has 7 heteroatoms. The molecule has 1 aromatic carbocycles. The summed E-state index contributed by atoms with van der Waals surface area (Å²) in [5.74, 6) is -0.181. The molecule has 2 saturated heterocycles. The van der Waals surface area contributed by atoms with Crippen LogP contribution < -0.4 is 10.6 Å². The molecule has 0 bridgehead atoms. The smallest absolute Gasteiger partial charge is 0.238 e. The van der Waals surface area contributed by atoms with Gasteiger partial charge in [-0.1, -0.05) is 0 Å². The van der Waals surface area contributed by atoms with E-state index in [4.69, 9.17) is 0 Å². The zero-order valence-electron chi connectivity index (χ0n) is 12.1. The maximum Gasteiger partial charge on any atom is 0.238 e. The number of carbonyl (C=O) groups is 1. The molecule has 4 nitrogen and oxygen atoms in total. The Bertz CT molecular complexity index is 544. The van der Waals surface area contributed by atoms with Crippen LogP contribution in [0.15, 0.2) is 18.2 Å². The molecule has 0 aliphatic carbocycles. The number of hydrogen-bond donors (Lipinski definition) is 2. The average molecular weight is 332 g/mol. The fraction of sp³-hybridized carbons (Fsp3) is 0.533. The van der Waals surface area contributed by atoms with Crippen molar-refractivity contribution in [1.29, 1.82) is 0 Å². The Morgan fingerprint density at radius 2 is 2.09 bits per heavy atom. The van der Waals surface area contributed by atoms with E-state index >= 15 is 0 Å². The molecule has 1 aromatic rings. The number of anilines is 1. The summed E-state index contributed by atoms with van der Waals surface area (Å²) < 4.78 is 26.5. The lowest BCUT2D eigenvalue weighted by molar-refractivity contribution is -0.117. The Morgan fingerprint density at radius 3 is 2.91 bits per heavy atom. The summed E-state index contributed by atoms with van der Waals surface area (Å²) in [5, 5.41) is 5.82. The van der Waals surface area contributed by atoms with Crippen LogP contribution in [0.5, 0.6) is 0 Å². The van der Waals surface area contributed by atoms with E-state index in [9.17, 15) is 13.6 Å². The molecular formula is C15H20ClF2N3O. The highest BCUT2D eigenvalue weighted by Gasteiger charge is 2.33. The summed E-state index contributed by atoms with van der Waals surface area (Å²) in [5.41, 5.74) is -0.0996. The Kier molecular flexibility index (Phi) is 5.72. The Balaban J connectivity index is 0.00000176. The lowest BCUT2D eigenvalue weighted by Gasteiger charge is -2.33. The summed E-state index contributed by atoms with van der Waals surface area (Å²) in [6.07, 6.45) is 1.08. The van der Waals surface area contributed by atoms with Crippen LogP contribution in [-0.2, 0) is 4.79 Å². The van der Waals surface area contributed by atoms with Gasteiger partial charge in [-0.3, -0.25) is 9.69 Å². The van der Waals surface area contributed by atoms with E-state index in [-0.39, 0.29) is 30.5 Å². The molecule has 2 aliphatic heterocycles. The zero-order chi connectivity index (χ0) is 14.8. The molecular weight excluding hydrogens is 312 g/mol. The second-order valence-corrected chi connectivity index (χ2v) is 5.87. The van der Waals surface area contributed by atoms with Gasteiger partial charge in [0.15, 0.2) is 0 Å². The van der Waals surface area contributed by atoms with Crippen LogP contribution in [-0.4, -0.2) is 43.5 Å². The lowest BCUT2D eigenvalue weighted by Crippen LogP contribution is -2.43. The van der Waals surface area contributed by atoms with E-state index in [0.29, 0.717) is 11.8 Å². The zero-order valence-corrected chi connectivity index (χ0v) is 13.0. The predicted molar refractivity (Wildman–Crippen MR) is 83.1 cm³/mol. The van der Waals surface area contributed by atoms with Crippen molar-refractivity contribution in [2.24, 2.45) is 11.8 Å². The van der Waals surface area contributed by atoms with Gasteiger partial charge in [-0.25, -0.2) is 8.78 Å². The molecule has 2 aliphatic rings. The number of halogens is 3. The summed E-state index contributed by atoms with van der Waals surface area (Å²) >= 11 is 0. The van der Waals surface area contributed by atoms with E-state index < -0.39 is 11.6 Å². The van der Waals surface area contributed by atoms with Crippen LogP contribution in [0.2, 0.25) is 0 Å². The quantitative estimate of drug-likeness (QED) is 0.888. The first-order valence-electron chi connectivity index (χ1n) is 7.30. The van der Waals surface area contributed by atoms with Gasteiger partial charge >= 0.3 is 0 Å². The van der Waals surface area contributed by atoms with Crippen molar-refractivity contribution in [2.45, 2.75) is 6.42 Å². The number of amides is 1. The minimum Gasteiger partial charge on any atom is -0.322 e. The summed E-state index contributed by atoms with van der Waals surface area (Å²) in [4.78, 5) is 14.1. The van der Waals surface area contributed by atoms with E-state index in [2.05, 4.69) is 15.5 Å². The number of fused-ring (bicyclic) bond motifs is 1. The van der Waals surface area contributed by atoms with Crippen molar-refractivity contribution in [3.05, 3.63) is 29.8 Å². The van der Waals surface area contributed by atoms with Gasteiger partial charge in [0.2, 0.25) is 5.91 Å². The lowest BCUT2D eigenvalue weighted by atomic mass is 9.89. The Morgan fingerprint density at radius 1 is 1.32 bits per heavy atom. The van der Waals surface area contributed by atoms with E-state index in [0.717, 1.165) is 50.8 Å². The fourth-order valence-electron chi connectivity index (χ4n) is 3.24. The second-order valence-electron chi connectivity index (χ2n) is 5.87. The van der Waals surface area contributed by atoms with Gasteiger partial charge < -0.3 is 10.6 Å². The van der Waals surface area contributed by atoms with Crippen LogP contribution >= 0.6 is 12.4 Å². The largest absolute Gasteiger partial charge is 0.322 e. The van der Waals surface area contributed by atoms with Gasteiger partial charge in [0.1, 0.15) is 11.6 Å². The van der Waals surface area contributed by atoms with Gasteiger partial charge in [-0.2, -0.15) is 0 Å². The van der Waals surface area contributed by atoms with Crippen LogP contribution in [0.25, 0.3) is 0 Å². The van der Waals surface area contributed by atoms with Gasteiger partial charge in [-0.15, -0.1) is 12.4 Å². The van der Waals surface area contributed by atoms with Gasteiger partial charge in [0.05, 0.1) is 12.2 Å². The molecule has 22 heavy (non-hydrogen) atoms. The highest BCUT2D eigenvalue weighted by Crippen LogP contribution is 2.26. The molecule has 122 valence electrons. The fourth-order valence-corrected chi connectivity index (χ4v) is 3.24. The van der Waals surface area contributed by atoms with Gasteiger partial charge in [0, 0.05) is 12.6 Å². The topological polar surface area (TPSA) is 44.4 Å². The summed E-state index contributed by atoms with van der Waals surface area (Å²) in [6, 6.07) is 3.05. The van der Waals surface area contributed by atoms with Crippen molar-refractivity contribution in [3.63, 3.8) is 0 Å². The third kappa shape index (κ3) is 3.94. The molecule has 2 N–H and O–H groups in total. The molecule has 0 saturated carbocycles. The third-order valence-corrected chi connectivity index (χ3v) is 4.36. The molecule has 2 fully saturated rings. The first-order chi connectivity index (χ1) is 10.1. The number of rotatable bonds is 3. The van der Waals surface area contributed by atoms with Crippen molar-refractivity contribution >= 4 is 24.0 Å². The van der Waals surface area contributed by atoms with Crippen LogP contribution in [0, 0.1) is 23.5 Å². The number of likely N-dealkylation sites (tertiary alicyclic amines) is 1. The number of carbonyl (C=O) groups excluding carboxylic acids is 1. The Labute approximate surface area is 134 Å². The first kappa shape index (κ1) is 17.1. The molecule has 0 aromatic heterocycles. The van der Waals surface area contributed by atoms with Crippen LogP contribution in [0.3, 0.4) is 0 Å². The normalized spacial score (nSPS) is 24.5. The maximum absolute atomic E-state index is 13.5. The number of benzene rings is 1. The summed E-state index contributed by atoms with van der Waals surface area (Å²) in [7, 11) is 0. The minimum atomic E-state index is -0.622. The second kappa shape index (κ2) is 7.35. The standard InChI is InChI=1S/C15H19F2N3O.ClH/c16-12-1-2-13(17)14(5-12)19-15(21)9-20-4-3-10-6-18-7-11(10)8-20;/h1-2,5,10-11,18H,3-4,6-9H2,(H,19,21);1H. The Hall–Kier alpha value is -1.24. The molecule has 0 spiro atoms. The van der Waals surface area contributed by atoms with Crippen molar-refractivity contribution in [2.75, 3.05) is 38.0 Å². The highest BCUT2D eigenvalue weighted by molar-refractivity contribution is 5.92. The van der Waals surface area contributed by atoms with Crippen molar-refractivity contribution in [3.8, 4) is 0 Å². The third-order valence-electron chi connectivity index (χ3n) is 4.36. The molecule has 2 unspecified atom stereocenters. The molecule has 2 heterocycles.